The van der Waals surface area contributed by atoms with Crippen molar-refractivity contribution in [2.75, 3.05) is 6.61 Å². The number of carbonyl (C=O) groups is 1. The summed E-state index contributed by atoms with van der Waals surface area (Å²) in [5.41, 5.74) is 2.80. The second-order valence-corrected chi connectivity index (χ2v) is 6.16. The topological polar surface area (TPSA) is 64.1 Å². The van der Waals surface area contributed by atoms with E-state index in [1.807, 2.05) is 54.8 Å². The SMILES string of the molecule is Cc1ccc(OCC(=O)NCc2nc(-c3ccccn3)cs2)cc1. The van der Waals surface area contributed by atoms with Gasteiger partial charge in [-0.05, 0) is 31.2 Å². The van der Waals surface area contributed by atoms with Gasteiger partial charge in [0.25, 0.3) is 5.91 Å². The van der Waals surface area contributed by atoms with Gasteiger partial charge in [-0.15, -0.1) is 11.3 Å². The van der Waals surface area contributed by atoms with Gasteiger partial charge in [0.05, 0.1) is 17.9 Å². The average Bonchev–Trinajstić information content (AvgIpc) is 3.09. The van der Waals surface area contributed by atoms with Crippen LogP contribution in [0.3, 0.4) is 0 Å². The number of benzene rings is 1. The highest BCUT2D eigenvalue weighted by Gasteiger charge is 2.07. The number of hydrogen-bond donors (Lipinski definition) is 1. The van der Waals surface area contributed by atoms with Crippen LogP contribution in [0.15, 0.2) is 54.0 Å². The van der Waals surface area contributed by atoms with Gasteiger partial charge in [-0.1, -0.05) is 23.8 Å². The molecule has 0 spiro atoms. The van der Waals surface area contributed by atoms with Crippen molar-refractivity contribution in [3.63, 3.8) is 0 Å². The minimum Gasteiger partial charge on any atom is -0.484 e. The van der Waals surface area contributed by atoms with Crippen LogP contribution < -0.4 is 10.1 Å². The van der Waals surface area contributed by atoms with Gasteiger partial charge < -0.3 is 10.1 Å². The number of nitrogens with zero attached hydrogens (tertiary/aromatic N) is 2. The van der Waals surface area contributed by atoms with Gasteiger partial charge in [0.2, 0.25) is 0 Å². The van der Waals surface area contributed by atoms with Crippen LogP contribution in [0.4, 0.5) is 0 Å². The molecule has 1 amide bonds. The molecule has 0 aliphatic carbocycles. The lowest BCUT2D eigenvalue weighted by atomic mass is 10.2. The van der Waals surface area contributed by atoms with E-state index in [1.54, 1.807) is 6.20 Å². The molecule has 0 fully saturated rings. The number of aromatic nitrogens is 2. The second kappa shape index (κ2) is 7.70. The van der Waals surface area contributed by atoms with Crippen molar-refractivity contribution >= 4 is 17.2 Å². The van der Waals surface area contributed by atoms with Crippen LogP contribution in [0.1, 0.15) is 10.6 Å². The zero-order chi connectivity index (χ0) is 16.8. The maximum Gasteiger partial charge on any atom is 0.258 e. The molecule has 6 heteroatoms. The van der Waals surface area contributed by atoms with E-state index in [1.165, 1.54) is 11.3 Å². The van der Waals surface area contributed by atoms with Gasteiger partial charge in [-0.25, -0.2) is 4.98 Å². The summed E-state index contributed by atoms with van der Waals surface area (Å²) in [7, 11) is 0. The fourth-order valence-electron chi connectivity index (χ4n) is 2.03. The summed E-state index contributed by atoms with van der Waals surface area (Å²) in [6, 6.07) is 13.3. The van der Waals surface area contributed by atoms with Crippen LogP contribution in [0, 0.1) is 6.92 Å². The molecule has 2 aromatic heterocycles. The number of pyridine rings is 1. The molecule has 0 aliphatic rings. The quantitative estimate of drug-likeness (QED) is 0.749. The lowest BCUT2D eigenvalue weighted by Gasteiger charge is -2.06. The van der Waals surface area contributed by atoms with Crippen molar-refractivity contribution in [2.24, 2.45) is 0 Å². The highest BCUT2D eigenvalue weighted by atomic mass is 32.1. The normalized spacial score (nSPS) is 10.4. The first-order chi connectivity index (χ1) is 11.7. The summed E-state index contributed by atoms with van der Waals surface area (Å²) in [5.74, 6) is 0.507. The molecule has 0 unspecified atom stereocenters. The Bertz CT molecular complexity index is 801. The van der Waals surface area contributed by atoms with Gasteiger partial charge in [-0.2, -0.15) is 0 Å². The lowest BCUT2D eigenvalue weighted by Crippen LogP contribution is -2.28. The number of ether oxygens (including phenoxy) is 1. The van der Waals surface area contributed by atoms with Crippen molar-refractivity contribution in [3.8, 4) is 17.1 Å². The molecular weight excluding hydrogens is 322 g/mol. The number of carbonyl (C=O) groups excluding carboxylic acids is 1. The maximum absolute atomic E-state index is 11.9. The summed E-state index contributed by atoms with van der Waals surface area (Å²) >= 11 is 1.50. The predicted molar refractivity (Wildman–Crippen MR) is 93.9 cm³/mol. The van der Waals surface area contributed by atoms with E-state index in [0.29, 0.717) is 12.3 Å². The minimum absolute atomic E-state index is 0.0124. The number of thiazole rings is 1. The smallest absolute Gasteiger partial charge is 0.258 e. The van der Waals surface area contributed by atoms with Crippen LogP contribution in [0.5, 0.6) is 5.75 Å². The Morgan fingerprint density at radius 2 is 2.00 bits per heavy atom. The first-order valence-corrected chi connectivity index (χ1v) is 8.40. The van der Waals surface area contributed by atoms with Crippen LogP contribution >= 0.6 is 11.3 Å². The molecular formula is C18H17N3O2S. The van der Waals surface area contributed by atoms with Gasteiger partial charge in [0.15, 0.2) is 6.61 Å². The lowest BCUT2D eigenvalue weighted by molar-refractivity contribution is -0.123. The molecule has 3 aromatic rings. The number of rotatable bonds is 6. The van der Waals surface area contributed by atoms with E-state index in [2.05, 4.69) is 15.3 Å². The number of hydrogen-bond acceptors (Lipinski definition) is 5. The average molecular weight is 339 g/mol. The molecule has 1 N–H and O–H groups in total. The Morgan fingerprint density at radius 1 is 1.17 bits per heavy atom. The molecule has 0 bridgehead atoms. The highest BCUT2D eigenvalue weighted by molar-refractivity contribution is 7.09. The standard InChI is InChI=1S/C18H17N3O2S/c1-13-5-7-14(8-6-13)23-11-17(22)20-10-18-21-16(12-24-18)15-4-2-3-9-19-15/h2-9,12H,10-11H2,1H3,(H,20,22). The Morgan fingerprint density at radius 3 is 2.75 bits per heavy atom. The molecule has 1 aromatic carbocycles. The largest absolute Gasteiger partial charge is 0.484 e. The number of aryl methyl sites for hydroxylation is 1. The Balaban J connectivity index is 1.48. The van der Waals surface area contributed by atoms with Gasteiger partial charge in [0.1, 0.15) is 10.8 Å². The molecule has 122 valence electrons. The fourth-order valence-corrected chi connectivity index (χ4v) is 2.76. The Kier molecular flexibility index (Phi) is 5.18. The van der Waals surface area contributed by atoms with Gasteiger partial charge >= 0.3 is 0 Å². The van der Waals surface area contributed by atoms with Crippen molar-refractivity contribution in [3.05, 3.63) is 64.6 Å². The van der Waals surface area contributed by atoms with Crippen molar-refractivity contribution in [1.29, 1.82) is 0 Å². The van der Waals surface area contributed by atoms with E-state index >= 15 is 0 Å². The predicted octanol–water partition coefficient (Wildman–Crippen LogP) is 3.21. The Hall–Kier alpha value is -2.73. The third-order valence-electron chi connectivity index (χ3n) is 3.31. The first-order valence-electron chi connectivity index (χ1n) is 7.53. The fraction of sp³-hybridized carbons (Fsp3) is 0.167. The summed E-state index contributed by atoms with van der Waals surface area (Å²) < 4.78 is 5.45. The van der Waals surface area contributed by atoms with E-state index < -0.39 is 0 Å². The molecule has 0 saturated heterocycles. The molecule has 3 rings (SSSR count). The zero-order valence-corrected chi connectivity index (χ0v) is 14.0. The molecule has 24 heavy (non-hydrogen) atoms. The van der Waals surface area contributed by atoms with Crippen molar-refractivity contribution in [1.82, 2.24) is 15.3 Å². The molecule has 0 radical (unpaired) electrons. The second-order valence-electron chi connectivity index (χ2n) is 5.22. The van der Waals surface area contributed by atoms with Crippen molar-refractivity contribution < 1.29 is 9.53 Å². The van der Waals surface area contributed by atoms with Crippen LogP contribution in [0.25, 0.3) is 11.4 Å². The molecule has 0 saturated carbocycles. The first kappa shape index (κ1) is 16.1. The third-order valence-corrected chi connectivity index (χ3v) is 4.16. The zero-order valence-electron chi connectivity index (χ0n) is 13.2. The van der Waals surface area contributed by atoms with Gasteiger partial charge in [-0.3, -0.25) is 9.78 Å². The van der Waals surface area contributed by atoms with Crippen LogP contribution in [0.2, 0.25) is 0 Å². The number of amides is 1. The van der Waals surface area contributed by atoms with Gasteiger partial charge in [0, 0.05) is 11.6 Å². The summed E-state index contributed by atoms with van der Waals surface area (Å²) in [6.07, 6.45) is 1.73. The van der Waals surface area contributed by atoms with E-state index in [9.17, 15) is 4.79 Å². The van der Waals surface area contributed by atoms with E-state index in [0.717, 1.165) is 22.0 Å². The van der Waals surface area contributed by atoms with Crippen LogP contribution in [-0.4, -0.2) is 22.5 Å². The summed E-state index contributed by atoms with van der Waals surface area (Å²) in [4.78, 5) is 20.6. The third kappa shape index (κ3) is 4.39. The molecule has 5 nitrogen and oxygen atoms in total. The maximum atomic E-state index is 11.9. The highest BCUT2D eigenvalue weighted by Crippen LogP contribution is 2.19. The van der Waals surface area contributed by atoms with E-state index in [4.69, 9.17) is 4.74 Å². The monoisotopic (exact) mass is 339 g/mol. The van der Waals surface area contributed by atoms with Crippen molar-refractivity contribution in [2.45, 2.75) is 13.5 Å². The number of nitrogens with one attached hydrogen (secondary N) is 1. The molecule has 2 heterocycles. The minimum atomic E-state index is -0.176. The summed E-state index contributed by atoms with van der Waals surface area (Å²) in [5, 5.41) is 5.58. The molecule has 0 atom stereocenters. The molecule has 0 aliphatic heterocycles. The summed E-state index contributed by atoms with van der Waals surface area (Å²) in [6.45, 7) is 2.37. The Labute approximate surface area is 144 Å². The van der Waals surface area contributed by atoms with E-state index in [-0.39, 0.29) is 12.5 Å². The van der Waals surface area contributed by atoms with Crippen LogP contribution in [-0.2, 0) is 11.3 Å².